The first-order chi connectivity index (χ1) is 10.1. The Bertz CT molecular complexity index is 623. The molecule has 0 atom stereocenters. The van der Waals surface area contributed by atoms with Gasteiger partial charge in [-0.25, -0.2) is 0 Å². The van der Waals surface area contributed by atoms with Crippen LogP contribution < -0.4 is 10.1 Å². The van der Waals surface area contributed by atoms with Crippen LogP contribution >= 0.6 is 24.0 Å². The minimum absolute atomic E-state index is 0.786. The first-order valence-corrected chi connectivity index (χ1v) is 8.12. The van der Waals surface area contributed by atoms with Crippen molar-refractivity contribution in [2.45, 2.75) is 19.6 Å². The predicted molar refractivity (Wildman–Crippen MR) is 96.4 cm³/mol. The molecule has 0 unspecified atom stereocenters. The van der Waals surface area contributed by atoms with Crippen LogP contribution in [-0.4, -0.2) is 11.4 Å². The summed E-state index contributed by atoms with van der Waals surface area (Å²) in [6, 6.07) is 14.3. The van der Waals surface area contributed by atoms with Crippen molar-refractivity contribution in [3.63, 3.8) is 0 Å². The van der Waals surface area contributed by atoms with Crippen molar-refractivity contribution in [3.05, 3.63) is 59.2 Å². The Balaban J connectivity index is 1.87. The highest BCUT2D eigenvalue weighted by molar-refractivity contribution is 8.22. The van der Waals surface area contributed by atoms with E-state index >= 15 is 0 Å². The molecule has 0 amide bonds. The van der Waals surface area contributed by atoms with Crippen LogP contribution in [0.3, 0.4) is 0 Å². The summed E-state index contributed by atoms with van der Waals surface area (Å²) in [5.74, 6) is 1.72. The Morgan fingerprint density at radius 1 is 1.10 bits per heavy atom. The number of nitrogens with one attached hydrogen (secondary N) is 1. The molecule has 0 fully saturated rings. The number of ether oxygens (including phenoxy) is 1. The van der Waals surface area contributed by atoms with Gasteiger partial charge in [-0.1, -0.05) is 42.2 Å². The molecule has 0 aromatic heterocycles. The van der Waals surface area contributed by atoms with E-state index in [2.05, 4.69) is 49.5 Å². The van der Waals surface area contributed by atoms with Crippen LogP contribution in [0.4, 0.5) is 5.69 Å². The molecule has 2 rings (SSSR count). The number of anilines is 1. The number of benzene rings is 2. The lowest BCUT2D eigenvalue weighted by Crippen LogP contribution is -2.05. The van der Waals surface area contributed by atoms with Crippen LogP contribution in [0.15, 0.2) is 42.5 Å². The molecular weight excluding hydrogens is 298 g/mol. The van der Waals surface area contributed by atoms with Gasteiger partial charge in [-0.05, 0) is 54.8 Å². The number of hydrogen-bond acceptors (Lipinski definition) is 3. The maximum atomic E-state index is 5.39. The molecule has 0 heterocycles. The topological polar surface area (TPSA) is 21.3 Å². The molecule has 0 radical (unpaired) electrons. The van der Waals surface area contributed by atoms with Crippen molar-refractivity contribution in [3.8, 4) is 5.75 Å². The molecule has 0 aliphatic carbocycles. The van der Waals surface area contributed by atoms with E-state index in [0.29, 0.717) is 0 Å². The molecule has 110 valence electrons. The van der Waals surface area contributed by atoms with Crippen molar-refractivity contribution in [2.75, 3.05) is 12.4 Å². The second-order valence-electron chi connectivity index (χ2n) is 4.85. The summed E-state index contributed by atoms with van der Waals surface area (Å²) < 4.78 is 5.94. The zero-order valence-electron chi connectivity index (χ0n) is 12.5. The number of hydrogen-bond donors (Lipinski definition) is 1. The summed E-state index contributed by atoms with van der Waals surface area (Å²) in [7, 11) is 1.67. The Labute approximate surface area is 135 Å². The van der Waals surface area contributed by atoms with Gasteiger partial charge in [0, 0.05) is 11.4 Å². The lowest BCUT2D eigenvalue weighted by molar-refractivity contribution is 0.414. The van der Waals surface area contributed by atoms with Gasteiger partial charge in [0.2, 0.25) is 0 Å². The van der Waals surface area contributed by atoms with Crippen LogP contribution in [0.5, 0.6) is 5.75 Å². The maximum Gasteiger partial charge on any atom is 0.138 e. The maximum absolute atomic E-state index is 5.39. The monoisotopic (exact) mass is 317 g/mol. The molecule has 2 nitrogen and oxygen atoms in total. The van der Waals surface area contributed by atoms with Crippen LogP contribution in [0.2, 0.25) is 0 Å². The van der Waals surface area contributed by atoms with E-state index < -0.39 is 0 Å². The van der Waals surface area contributed by atoms with E-state index in [0.717, 1.165) is 21.5 Å². The van der Waals surface area contributed by atoms with Gasteiger partial charge in [0.05, 0.1) is 7.11 Å². The first kappa shape index (κ1) is 15.9. The molecule has 4 heteroatoms. The van der Waals surface area contributed by atoms with E-state index in [9.17, 15) is 0 Å². The highest BCUT2D eigenvalue weighted by atomic mass is 32.2. The van der Waals surface area contributed by atoms with Crippen molar-refractivity contribution >= 4 is 34.0 Å². The van der Waals surface area contributed by atoms with Gasteiger partial charge in [-0.3, -0.25) is 0 Å². The van der Waals surface area contributed by atoms with Gasteiger partial charge in [0.15, 0.2) is 0 Å². The second kappa shape index (κ2) is 7.48. The molecule has 0 saturated heterocycles. The van der Waals surface area contributed by atoms with Gasteiger partial charge < -0.3 is 10.1 Å². The molecule has 1 N–H and O–H groups in total. The van der Waals surface area contributed by atoms with Gasteiger partial charge in [-0.2, -0.15) is 0 Å². The number of thioether (sulfide) groups is 1. The fraction of sp³-hybridized carbons (Fsp3) is 0.235. The normalized spacial score (nSPS) is 10.2. The van der Waals surface area contributed by atoms with Gasteiger partial charge in [0.1, 0.15) is 10.1 Å². The Morgan fingerprint density at radius 3 is 2.43 bits per heavy atom. The van der Waals surface area contributed by atoms with Crippen LogP contribution in [-0.2, 0) is 5.75 Å². The molecule has 0 spiro atoms. The lowest BCUT2D eigenvalue weighted by atomic mass is 10.1. The largest absolute Gasteiger partial charge is 0.497 e. The number of thiocarbonyl (C=S) groups is 1. The summed E-state index contributed by atoms with van der Waals surface area (Å²) in [6.07, 6.45) is 0. The summed E-state index contributed by atoms with van der Waals surface area (Å²) in [6.45, 7) is 4.21. The smallest absolute Gasteiger partial charge is 0.138 e. The van der Waals surface area contributed by atoms with Gasteiger partial charge in [0.25, 0.3) is 0 Å². The zero-order valence-corrected chi connectivity index (χ0v) is 14.1. The van der Waals surface area contributed by atoms with E-state index in [1.165, 1.54) is 16.7 Å². The minimum Gasteiger partial charge on any atom is -0.497 e. The zero-order chi connectivity index (χ0) is 15.2. The molecule has 0 aliphatic heterocycles. The second-order valence-corrected chi connectivity index (χ2v) is 6.50. The summed E-state index contributed by atoms with van der Waals surface area (Å²) in [5, 5.41) is 3.27. The van der Waals surface area contributed by atoms with Crippen molar-refractivity contribution in [1.29, 1.82) is 0 Å². The van der Waals surface area contributed by atoms with Crippen molar-refractivity contribution < 1.29 is 4.74 Å². The Morgan fingerprint density at radius 2 is 1.81 bits per heavy atom. The summed E-state index contributed by atoms with van der Waals surface area (Å²) in [4.78, 5) is 0. The number of rotatable bonds is 4. The van der Waals surface area contributed by atoms with Crippen molar-refractivity contribution in [2.24, 2.45) is 0 Å². The molecular formula is C17H19NOS2. The van der Waals surface area contributed by atoms with Gasteiger partial charge in [-0.15, -0.1) is 0 Å². The van der Waals surface area contributed by atoms with Crippen LogP contribution in [0, 0.1) is 13.8 Å². The Kier molecular flexibility index (Phi) is 5.65. The lowest BCUT2D eigenvalue weighted by Gasteiger charge is -2.09. The fourth-order valence-corrected chi connectivity index (χ4v) is 2.82. The minimum atomic E-state index is 0.786. The molecule has 0 saturated carbocycles. The average molecular weight is 317 g/mol. The molecule has 0 aliphatic rings. The summed E-state index contributed by atoms with van der Waals surface area (Å²) in [5.41, 5.74) is 4.83. The third-order valence-electron chi connectivity index (χ3n) is 3.28. The molecule has 2 aromatic carbocycles. The standard InChI is InChI=1S/C17H19NOS2/c1-12-4-7-15(10-13(12)2)18-17(20)21-11-14-5-8-16(19-3)9-6-14/h4-10H,11H2,1-3H3,(H,18,20). The quantitative estimate of drug-likeness (QED) is 0.806. The fourth-order valence-electron chi connectivity index (χ4n) is 1.84. The molecule has 21 heavy (non-hydrogen) atoms. The number of methoxy groups -OCH3 is 1. The molecule has 0 bridgehead atoms. The van der Waals surface area contributed by atoms with Crippen molar-refractivity contribution in [1.82, 2.24) is 0 Å². The van der Waals surface area contributed by atoms with E-state index in [1.807, 2.05) is 12.1 Å². The van der Waals surface area contributed by atoms with E-state index in [4.69, 9.17) is 17.0 Å². The Hall–Kier alpha value is -1.52. The SMILES string of the molecule is COc1ccc(CSC(=S)Nc2ccc(C)c(C)c2)cc1. The van der Waals surface area contributed by atoms with E-state index in [1.54, 1.807) is 18.9 Å². The third kappa shape index (κ3) is 4.76. The van der Waals surface area contributed by atoms with Crippen LogP contribution in [0.1, 0.15) is 16.7 Å². The third-order valence-corrected chi connectivity index (χ3v) is 4.58. The van der Waals surface area contributed by atoms with Gasteiger partial charge >= 0.3 is 0 Å². The van der Waals surface area contributed by atoms with E-state index in [-0.39, 0.29) is 0 Å². The highest BCUT2D eigenvalue weighted by Gasteiger charge is 2.02. The predicted octanol–water partition coefficient (Wildman–Crippen LogP) is 4.94. The van der Waals surface area contributed by atoms with Crippen LogP contribution in [0.25, 0.3) is 0 Å². The molecule has 2 aromatic rings. The average Bonchev–Trinajstić information content (AvgIpc) is 2.49. The highest BCUT2D eigenvalue weighted by Crippen LogP contribution is 2.20. The first-order valence-electron chi connectivity index (χ1n) is 6.72. The summed E-state index contributed by atoms with van der Waals surface area (Å²) >= 11 is 7.01. The number of aryl methyl sites for hydroxylation is 2.